The highest BCUT2D eigenvalue weighted by molar-refractivity contribution is 5.92. The predicted octanol–water partition coefficient (Wildman–Crippen LogP) is 3.37. The fourth-order valence-electron chi connectivity index (χ4n) is 2.94. The lowest BCUT2D eigenvalue weighted by molar-refractivity contribution is 0.250. The van der Waals surface area contributed by atoms with E-state index in [9.17, 15) is 9.90 Å². The van der Waals surface area contributed by atoms with Gasteiger partial charge in [-0.15, -0.1) is 0 Å². The van der Waals surface area contributed by atoms with Crippen LogP contribution in [0.5, 0.6) is 5.75 Å². The van der Waals surface area contributed by atoms with Crippen LogP contribution in [0.25, 0.3) is 11.3 Å². The second-order valence-electron chi connectivity index (χ2n) is 6.82. The van der Waals surface area contributed by atoms with E-state index in [4.69, 9.17) is 4.98 Å². The van der Waals surface area contributed by atoms with Crippen LogP contribution in [0.15, 0.2) is 24.4 Å². The van der Waals surface area contributed by atoms with Gasteiger partial charge in [-0.2, -0.15) is 0 Å². The Bertz CT molecular complexity index is 751. The number of rotatable bonds is 3. The van der Waals surface area contributed by atoms with Gasteiger partial charge in [0.2, 0.25) is 0 Å². The van der Waals surface area contributed by atoms with Crippen molar-refractivity contribution in [3.63, 3.8) is 0 Å². The van der Waals surface area contributed by atoms with E-state index >= 15 is 0 Å². The predicted molar refractivity (Wildman–Crippen MR) is 94.1 cm³/mol. The van der Waals surface area contributed by atoms with Crippen LogP contribution in [-0.4, -0.2) is 26.7 Å². The zero-order chi connectivity index (χ0) is 17.3. The Labute approximate surface area is 141 Å². The highest BCUT2D eigenvalue weighted by atomic mass is 16.3. The molecular formula is C18H24N4O2. The van der Waals surface area contributed by atoms with Crippen LogP contribution in [0.1, 0.15) is 33.0 Å². The Morgan fingerprint density at radius 3 is 2.96 bits per heavy atom. The number of aromatic nitrogens is 2. The van der Waals surface area contributed by atoms with E-state index in [1.807, 2.05) is 26.1 Å². The molecule has 1 atom stereocenters. The molecule has 0 saturated carbocycles. The van der Waals surface area contributed by atoms with Crippen LogP contribution < -0.4 is 10.6 Å². The van der Waals surface area contributed by atoms with Crippen LogP contribution in [0.4, 0.5) is 10.5 Å². The van der Waals surface area contributed by atoms with E-state index in [0.29, 0.717) is 11.6 Å². The standard InChI is InChI=1S/C18H24N4O2/c1-11(2)19-18(24)21-14-9-13(4-5-16(14)23)15-10-22-7-6-12(3)8-17(22)20-15/h4-5,9-12,23H,6-8H2,1-3H3,(H2,19,21,24). The number of imidazole rings is 1. The van der Waals surface area contributed by atoms with Gasteiger partial charge in [0.1, 0.15) is 11.6 Å². The molecule has 128 valence electrons. The van der Waals surface area contributed by atoms with E-state index < -0.39 is 0 Å². The van der Waals surface area contributed by atoms with E-state index in [2.05, 4.69) is 22.1 Å². The minimum absolute atomic E-state index is 0.0252. The molecule has 24 heavy (non-hydrogen) atoms. The van der Waals surface area contributed by atoms with Crippen molar-refractivity contribution in [2.45, 2.75) is 46.2 Å². The number of anilines is 1. The van der Waals surface area contributed by atoms with Crippen molar-refractivity contribution in [2.24, 2.45) is 5.92 Å². The number of aryl methyl sites for hydroxylation is 1. The summed E-state index contributed by atoms with van der Waals surface area (Å²) in [4.78, 5) is 16.6. The highest BCUT2D eigenvalue weighted by Crippen LogP contribution is 2.31. The van der Waals surface area contributed by atoms with Gasteiger partial charge < -0.3 is 20.3 Å². The molecule has 2 aromatic rings. The Hall–Kier alpha value is -2.50. The monoisotopic (exact) mass is 328 g/mol. The smallest absolute Gasteiger partial charge is 0.319 e. The van der Waals surface area contributed by atoms with Gasteiger partial charge in [0.05, 0.1) is 11.4 Å². The summed E-state index contributed by atoms with van der Waals surface area (Å²) in [6.45, 7) is 7.00. The third-order valence-corrected chi connectivity index (χ3v) is 4.21. The maximum absolute atomic E-state index is 11.9. The molecule has 1 aromatic carbocycles. The Balaban J connectivity index is 1.84. The molecule has 2 heterocycles. The molecule has 1 aliphatic heterocycles. The molecule has 1 unspecified atom stereocenters. The van der Waals surface area contributed by atoms with E-state index in [1.54, 1.807) is 12.1 Å². The first kappa shape index (κ1) is 16.4. The second-order valence-corrected chi connectivity index (χ2v) is 6.82. The highest BCUT2D eigenvalue weighted by Gasteiger charge is 2.18. The molecule has 1 aromatic heterocycles. The molecule has 0 radical (unpaired) electrons. The number of urea groups is 1. The minimum Gasteiger partial charge on any atom is -0.506 e. The van der Waals surface area contributed by atoms with Gasteiger partial charge >= 0.3 is 6.03 Å². The number of nitrogens with one attached hydrogen (secondary N) is 2. The van der Waals surface area contributed by atoms with E-state index in [0.717, 1.165) is 30.0 Å². The molecule has 0 fully saturated rings. The van der Waals surface area contributed by atoms with Crippen LogP contribution in [0.3, 0.4) is 0 Å². The Morgan fingerprint density at radius 2 is 2.21 bits per heavy atom. The fourth-order valence-corrected chi connectivity index (χ4v) is 2.94. The molecule has 0 spiro atoms. The molecule has 0 aliphatic carbocycles. The number of hydrogen-bond acceptors (Lipinski definition) is 3. The normalized spacial score (nSPS) is 16.8. The number of phenols is 1. The number of amides is 2. The molecule has 6 nitrogen and oxygen atoms in total. The summed E-state index contributed by atoms with van der Waals surface area (Å²) < 4.78 is 2.20. The summed E-state index contributed by atoms with van der Waals surface area (Å²) in [6, 6.07) is 4.85. The number of fused-ring (bicyclic) bond motifs is 1. The van der Waals surface area contributed by atoms with Crippen molar-refractivity contribution in [2.75, 3.05) is 5.32 Å². The van der Waals surface area contributed by atoms with Gasteiger partial charge in [-0.1, -0.05) is 6.92 Å². The summed E-state index contributed by atoms with van der Waals surface area (Å²) in [7, 11) is 0. The van der Waals surface area contributed by atoms with Gasteiger partial charge in [-0.25, -0.2) is 9.78 Å². The van der Waals surface area contributed by atoms with Gasteiger partial charge in [-0.05, 0) is 44.4 Å². The average molecular weight is 328 g/mol. The molecule has 0 bridgehead atoms. The number of hydrogen-bond donors (Lipinski definition) is 3. The topological polar surface area (TPSA) is 79.2 Å². The lowest BCUT2D eigenvalue weighted by Gasteiger charge is -2.18. The molecule has 3 N–H and O–H groups in total. The third-order valence-electron chi connectivity index (χ3n) is 4.21. The van der Waals surface area contributed by atoms with Crippen molar-refractivity contribution in [3.8, 4) is 17.0 Å². The number of aromatic hydroxyl groups is 1. The summed E-state index contributed by atoms with van der Waals surface area (Å²) >= 11 is 0. The zero-order valence-corrected chi connectivity index (χ0v) is 14.3. The number of benzene rings is 1. The average Bonchev–Trinajstić information content (AvgIpc) is 2.91. The van der Waals surface area contributed by atoms with Crippen molar-refractivity contribution in [1.82, 2.24) is 14.9 Å². The molecule has 3 rings (SSSR count). The molecule has 1 aliphatic rings. The van der Waals surface area contributed by atoms with Crippen LogP contribution in [0.2, 0.25) is 0 Å². The fraction of sp³-hybridized carbons (Fsp3) is 0.444. The van der Waals surface area contributed by atoms with Gasteiger partial charge in [0.15, 0.2) is 0 Å². The van der Waals surface area contributed by atoms with Crippen molar-refractivity contribution >= 4 is 11.7 Å². The summed E-state index contributed by atoms with van der Waals surface area (Å²) in [6.07, 6.45) is 4.20. The van der Waals surface area contributed by atoms with Crippen molar-refractivity contribution in [1.29, 1.82) is 0 Å². The summed E-state index contributed by atoms with van der Waals surface area (Å²) in [5.74, 6) is 1.80. The van der Waals surface area contributed by atoms with Crippen LogP contribution in [-0.2, 0) is 13.0 Å². The zero-order valence-electron chi connectivity index (χ0n) is 14.3. The number of nitrogens with zero attached hydrogens (tertiary/aromatic N) is 2. The lowest BCUT2D eigenvalue weighted by atomic mass is 10.0. The first-order chi connectivity index (χ1) is 11.4. The Morgan fingerprint density at radius 1 is 1.42 bits per heavy atom. The maximum Gasteiger partial charge on any atom is 0.319 e. The molecule has 6 heteroatoms. The van der Waals surface area contributed by atoms with E-state index in [-0.39, 0.29) is 17.8 Å². The number of phenolic OH excluding ortho intramolecular Hbond substituents is 1. The number of carbonyl (C=O) groups excluding carboxylic acids is 1. The summed E-state index contributed by atoms with van der Waals surface area (Å²) in [5, 5.41) is 15.4. The SMILES string of the molecule is CC1CCn2cc(-c3ccc(O)c(NC(=O)NC(C)C)c3)nc2C1. The van der Waals surface area contributed by atoms with Gasteiger partial charge in [-0.3, -0.25) is 0 Å². The van der Waals surface area contributed by atoms with E-state index in [1.165, 1.54) is 6.42 Å². The minimum atomic E-state index is -0.338. The second kappa shape index (κ2) is 6.55. The molecule has 0 saturated heterocycles. The third kappa shape index (κ3) is 3.53. The molecular weight excluding hydrogens is 304 g/mol. The van der Waals surface area contributed by atoms with Gasteiger partial charge in [0, 0.05) is 30.8 Å². The lowest BCUT2D eigenvalue weighted by Crippen LogP contribution is -2.34. The first-order valence-electron chi connectivity index (χ1n) is 8.39. The van der Waals surface area contributed by atoms with Crippen molar-refractivity contribution < 1.29 is 9.90 Å². The Kier molecular flexibility index (Phi) is 4.46. The van der Waals surface area contributed by atoms with Crippen LogP contribution >= 0.6 is 0 Å². The largest absolute Gasteiger partial charge is 0.506 e. The molecule has 2 amide bonds. The summed E-state index contributed by atoms with van der Waals surface area (Å²) in [5.41, 5.74) is 2.12. The maximum atomic E-state index is 11.9. The quantitative estimate of drug-likeness (QED) is 0.756. The number of carbonyl (C=O) groups is 1. The van der Waals surface area contributed by atoms with Crippen LogP contribution in [0, 0.1) is 5.92 Å². The van der Waals surface area contributed by atoms with Crippen molar-refractivity contribution in [3.05, 3.63) is 30.2 Å². The van der Waals surface area contributed by atoms with Gasteiger partial charge in [0.25, 0.3) is 0 Å². The first-order valence-corrected chi connectivity index (χ1v) is 8.39.